The zero-order chi connectivity index (χ0) is 18.7. The van der Waals surface area contributed by atoms with Crippen molar-refractivity contribution < 1.29 is 9.66 Å². The number of methoxy groups -OCH3 is 1. The van der Waals surface area contributed by atoms with Crippen LogP contribution in [0.5, 0.6) is 5.88 Å². The van der Waals surface area contributed by atoms with E-state index in [1.54, 1.807) is 6.08 Å². The van der Waals surface area contributed by atoms with E-state index in [4.69, 9.17) is 4.74 Å². The second-order valence-electron chi connectivity index (χ2n) is 6.95. The highest BCUT2D eigenvalue weighted by molar-refractivity contribution is 5.68. The third-order valence-electron chi connectivity index (χ3n) is 5.41. The topological polar surface area (TPSA) is 75.0 Å². The van der Waals surface area contributed by atoms with Crippen molar-refractivity contribution in [3.63, 3.8) is 0 Å². The van der Waals surface area contributed by atoms with E-state index >= 15 is 0 Å². The fourth-order valence-corrected chi connectivity index (χ4v) is 3.81. The first-order valence-electron chi connectivity index (χ1n) is 9.07. The molecule has 2 saturated heterocycles. The maximum Gasteiger partial charge on any atom is 0.331 e. The van der Waals surface area contributed by atoms with Crippen LogP contribution in [0.1, 0.15) is 18.4 Å². The van der Waals surface area contributed by atoms with Gasteiger partial charge in [-0.2, -0.15) is 4.98 Å². The maximum atomic E-state index is 11.2. The lowest BCUT2D eigenvalue weighted by Crippen LogP contribution is -2.52. The van der Waals surface area contributed by atoms with E-state index < -0.39 is 4.92 Å². The third kappa shape index (κ3) is 3.81. The van der Waals surface area contributed by atoms with Gasteiger partial charge in [-0.25, -0.2) is 0 Å². The number of nitrogens with zero attached hydrogens (tertiary/aromatic N) is 5. The summed E-state index contributed by atoms with van der Waals surface area (Å²) in [5.74, 6) is 0.774. The number of piperidine rings is 1. The van der Waals surface area contributed by atoms with Crippen LogP contribution in [0.3, 0.4) is 0 Å². The molecule has 2 aliphatic heterocycles. The van der Waals surface area contributed by atoms with Crippen molar-refractivity contribution in [1.29, 1.82) is 0 Å². The van der Waals surface area contributed by atoms with E-state index in [-0.39, 0.29) is 11.6 Å². The van der Waals surface area contributed by atoms with Gasteiger partial charge in [0.1, 0.15) is 5.82 Å². The first-order valence-corrected chi connectivity index (χ1v) is 9.07. The van der Waals surface area contributed by atoms with Gasteiger partial charge in [-0.15, -0.1) is 0 Å². The molecule has 3 rings (SSSR count). The van der Waals surface area contributed by atoms with E-state index in [0.717, 1.165) is 57.9 Å². The quantitative estimate of drug-likeness (QED) is 0.585. The van der Waals surface area contributed by atoms with Gasteiger partial charge in [0.2, 0.25) is 0 Å². The zero-order valence-electron chi connectivity index (χ0n) is 15.6. The number of hydrogen-bond acceptors (Lipinski definition) is 7. The van der Waals surface area contributed by atoms with Gasteiger partial charge in [0, 0.05) is 56.9 Å². The van der Waals surface area contributed by atoms with Crippen LogP contribution in [-0.4, -0.2) is 79.2 Å². The van der Waals surface area contributed by atoms with Crippen LogP contribution in [0, 0.1) is 10.1 Å². The van der Waals surface area contributed by atoms with E-state index in [0.29, 0.717) is 11.6 Å². The van der Waals surface area contributed by atoms with Crippen molar-refractivity contribution in [1.82, 2.24) is 14.8 Å². The SMILES string of the molecule is C=Cc1cc([N+](=O)[O-])c(OC)nc1N1CCC(N2CCN(C)CC2)CC1. The molecule has 0 spiro atoms. The molecule has 26 heavy (non-hydrogen) atoms. The standard InChI is InChI=1S/C18H27N5O3/c1-4-14-13-16(23(24)25)18(26-3)19-17(14)22-7-5-15(6-8-22)21-11-9-20(2)10-12-21/h4,13,15H,1,5-12H2,2-3H3. The molecule has 2 aliphatic rings. The smallest absolute Gasteiger partial charge is 0.331 e. The van der Waals surface area contributed by atoms with Gasteiger partial charge < -0.3 is 14.5 Å². The molecule has 8 nitrogen and oxygen atoms in total. The van der Waals surface area contributed by atoms with Crippen LogP contribution in [0.15, 0.2) is 12.6 Å². The Kier molecular flexibility index (Phi) is 5.73. The van der Waals surface area contributed by atoms with Crippen molar-refractivity contribution in [2.24, 2.45) is 0 Å². The number of likely N-dealkylation sites (N-methyl/N-ethyl adjacent to an activating group) is 1. The average Bonchev–Trinajstić information content (AvgIpc) is 2.67. The summed E-state index contributed by atoms with van der Waals surface area (Å²) < 4.78 is 5.14. The van der Waals surface area contributed by atoms with E-state index in [1.165, 1.54) is 13.2 Å². The summed E-state index contributed by atoms with van der Waals surface area (Å²) in [5, 5.41) is 11.2. The minimum absolute atomic E-state index is 0.0526. The Morgan fingerprint density at radius 3 is 2.46 bits per heavy atom. The van der Waals surface area contributed by atoms with Crippen molar-refractivity contribution in [3.05, 3.63) is 28.3 Å². The second-order valence-corrected chi connectivity index (χ2v) is 6.95. The van der Waals surface area contributed by atoms with Crippen LogP contribution in [0.2, 0.25) is 0 Å². The molecule has 0 unspecified atom stereocenters. The minimum Gasteiger partial charge on any atom is -0.476 e. The van der Waals surface area contributed by atoms with Gasteiger partial charge in [0.25, 0.3) is 5.88 Å². The van der Waals surface area contributed by atoms with E-state index in [1.807, 2.05) is 0 Å². The number of nitro groups is 1. The normalized spacial score (nSPS) is 20.2. The molecular weight excluding hydrogens is 334 g/mol. The van der Waals surface area contributed by atoms with Gasteiger partial charge in [-0.1, -0.05) is 12.7 Å². The summed E-state index contributed by atoms with van der Waals surface area (Å²) in [6, 6.07) is 2.10. The maximum absolute atomic E-state index is 11.2. The van der Waals surface area contributed by atoms with Crippen LogP contribution >= 0.6 is 0 Å². The van der Waals surface area contributed by atoms with Crippen LogP contribution in [-0.2, 0) is 0 Å². The predicted molar refractivity (Wildman–Crippen MR) is 102 cm³/mol. The Morgan fingerprint density at radius 2 is 1.92 bits per heavy atom. The molecule has 0 radical (unpaired) electrons. The third-order valence-corrected chi connectivity index (χ3v) is 5.41. The number of pyridine rings is 1. The summed E-state index contributed by atoms with van der Waals surface area (Å²) in [6.45, 7) is 10.1. The molecule has 8 heteroatoms. The van der Waals surface area contributed by atoms with Gasteiger partial charge in [0.05, 0.1) is 12.0 Å². The lowest BCUT2D eigenvalue weighted by atomic mass is 10.0. The molecule has 3 heterocycles. The highest BCUT2D eigenvalue weighted by Crippen LogP contribution is 2.33. The monoisotopic (exact) mass is 361 g/mol. The van der Waals surface area contributed by atoms with Crippen LogP contribution in [0.25, 0.3) is 6.08 Å². The number of aromatic nitrogens is 1. The molecular formula is C18H27N5O3. The fourth-order valence-electron chi connectivity index (χ4n) is 3.81. The first kappa shape index (κ1) is 18.6. The molecule has 0 N–H and O–H groups in total. The largest absolute Gasteiger partial charge is 0.476 e. The van der Waals surface area contributed by atoms with Crippen molar-refractivity contribution >= 4 is 17.6 Å². The summed E-state index contributed by atoms with van der Waals surface area (Å²) in [4.78, 5) is 22.3. The van der Waals surface area contributed by atoms with Crippen LogP contribution in [0.4, 0.5) is 11.5 Å². The molecule has 1 aromatic rings. The van der Waals surface area contributed by atoms with Gasteiger partial charge in [0.15, 0.2) is 0 Å². The van der Waals surface area contributed by atoms with Crippen molar-refractivity contribution in [2.45, 2.75) is 18.9 Å². The molecule has 0 atom stereocenters. The summed E-state index contributed by atoms with van der Waals surface area (Å²) >= 11 is 0. The Morgan fingerprint density at radius 1 is 1.27 bits per heavy atom. The van der Waals surface area contributed by atoms with Crippen LogP contribution < -0.4 is 9.64 Å². The second kappa shape index (κ2) is 8.01. The number of anilines is 1. The summed E-state index contributed by atoms with van der Waals surface area (Å²) in [5.41, 5.74) is 0.550. The highest BCUT2D eigenvalue weighted by Gasteiger charge is 2.29. The number of hydrogen-bond donors (Lipinski definition) is 0. The predicted octanol–water partition coefficient (Wildman–Crippen LogP) is 1.86. The lowest BCUT2D eigenvalue weighted by molar-refractivity contribution is -0.386. The van der Waals surface area contributed by atoms with E-state index in [2.05, 4.69) is 33.3 Å². The van der Waals surface area contributed by atoms with Gasteiger partial charge in [-0.05, 0) is 19.9 Å². The zero-order valence-corrected chi connectivity index (χ0v) is 15.6. The van der Waals surface area contributed by atoms with Crippen molar-refractivity contribution in [3.8, 4) is 5.88 Å². The van der Waals surface area contributed by atoms with Gasteiger partial charge >= 0.3 is 5.69 Å². The molecule has 1 aromatic heterocycles. The molecule has 2 fully saturated rings. The molecule has 142 valence electrons. The number of ether oxygens (including phenoxy) is 1. The Hall–Kier alpha value is -2.19. The number of rotatable bonds is 5. The van der Waals surface area contributed by atoms with E-state index in [9.17, 15) is 10.1 Å². The molecule has 0 amide bonds. The molecule has 0 aromatic carbocycles. The number of piperazine rings is 1. The molecule has 0 bridgehead atoms. The minimum atomic E-state index is -0.470. The Balaban J connectivity index is 1.72. The Labute approximate surface area is 154 Å². The fraction of sp³-hybridized carbons (Fsp3) is 0.611. The highest BCUT2D eigenvalue weighted by atomic mass is 16.6. The molecule has 0 saturated carbocycles. The summed E-state index contributed by atoms with van der Waals surface area (Å²) in [7, 11) is 3.58. The van der Waals surface area contributed by atoms with Gasteiger partial charge in [-0.3, -0.25) is 15.0 Å². The molecule has 0 aliphatic carbocycles. The van der Waals surface area contributed by atoms with Crippen molar-refractivity contribution in [2.75, 3.05) is 58.3 Å². The first-order chi connectivity index (χ1) is 12.5. The summed E-state index contributed by atoms with van der Waals surface area (Å²) in [6.07, 6.45) is 3.77. The average molecular weight is 361 g/mol. The Bertz CT molecular complexity index is 665. The lowest BCUT2D eigenvalue weighted by Gasteiger charge is -2.42.